The van der Waals surface area contributed by atoms with E-state index in [0.29, 0.717) is 6.61 Å². The predicted octanol–water partition coefficient (Wildman–Crippen LogP) is 2.60. The van der Waals surface area contributed by atoms with Crippen molar-refractivity contribution in [2.45, 2.75) is 20.3 Å². The summed E-state index contributed by atoms with van der Waals surface area (Å²) in [6.45, 7) is 4.01. The van der Waals surface area contributed by atoms with Crippen LogP contribution in [0.4, 0.5) is 0 Å². The first kappa shape index (κ1) is 14.1. The van der Waals surface area contributed by atoms with Gasteiger partial charge in [0.15, 0.2) is 0 Å². The van der Waals surface area contributed by atoms with Crippen LogP contribution < -0.4 is 0 Å². The second kappa shape index (κ2) is 7.37. The zero-order chi connectivity index (χ0) is 13.4. The summed E-state index contributed by atoms with van der Waals surface area (Å²) in [5.41, 5.74) is 1.05. The summed E-state index contributed by atoms with van der Waals surface area (Å²) in [6.07, 6.45) is 0.283. The van der Waals surface area contributed by atoms with Crippen LogP contribution in [0, 0.1) is 0 Å². The number of esters is 1. The molecule has 1 rings (SSSR count). The summed E-state index contributed by atoms with van der Waals surface area (Å²) >= 11 is 0. The second-order valence-corrected chi connectivity index (χ2v) is 3.60. The van der Waals surface area contributed by atoms with Crippen molar-refractivity contribution in [1.82, 2.24) is 0 Å². The van der Waals surface area contributed by atoms with E-state index in [1.165, 1.54) is 0 Å². The molecule has 18 heavy (non-hydrogen) atoms. The van der Waals surface area contributed by atoms with Gasteiger partial charge in [0.2, 0.25) is 0 Å². The fourth-order valence-corrected chi connectivity index (χ4v) is 1.48. The highest BCUT2D eigenvalue weighted by Crippen LogP contribution is 2.13. The monoisotopic (exact) mass is 250 g/mol. The normalized spacial score (nSPS) is 11.7. The zero-order valence-electron chi connectivity index (χ0n) is 10.7. The Morgan fingerprint density at radius 3 is 2.28 bits per heavy atom. The maximum absolute atomic E-state index is 11.7. The maximum atomic E-state index is 11.7. The first-order chi connectivity index (χ1) is 8.69. The SMILES string of the molecule is CCOC(=O)C(Cc1ccccc1)=C(O)OCC. The fraction of sp³-hybridized carbons (Fsp3) is 0.357. The molecule has 1 aromatic rings. The Kier molecular flexibility index (Phi) is 5.77. The minimum atomic E-state index is -0.549. The van der Waals surface area contributed by atoms with Crippen molar-refractivity contribution >= 4 is 5.97 Å². The quantitative estimate of drug-likeness (QED) is 0.479. The minimum Gasteiger partial charge on any atom is -0.481 e. The number of carbonyl (C=O) groups is 1. The van der Waals surface area contributed by atoms with Crippen LogP contribution in [0.3, 0.4) is 0 Å². The molecular formula is C14H18O4. The number of aliphatic hydroxyl groups excluding tert-OH is 1. The van der Waals surface area contributed by atoms with Gasteiger partial charge in [-0.15, -0.1) is 0 Å². The average Bonchev–Trinajstić information content (AvgIpc) is 2.37. The zero-order valence-corrected chi connectivity index (χ0v) is 10.7. The summed E-state index contributed by atoms with van der Waals surface area (Å²) < 4.78 is 9.88. The molecule has 0 spiro atoms. The van der Waals surface area contributed by atoms with Crippen molar-refractivity contribution in [3.8, 4) is 0 Å². The average molecular weight is 250 g/mol. The molecule has 0 bridgehead atoms. The number of aliphatic hydroxyl groups is 1. The van der Waals surface area contributed by atoms with E-state index in [2.05, 4.69) is 0 Å². The van der Waals surface area contributed by atoms with E-state index in [4.69, 9.17) is 9.47 Å². The highest BCUT2D eigenvalue weighted by molar-refractivity contribution is 5.89. The van der Waals surface area contributed by atoms with Crippen LogP contribution in [0.5, 0.6) is 0 Å². The number of hydrogen-bond donors (Lipinski definition) is 1. The van der Waals surface area contributed by atoms with E-state index in [1.54, 1.807) is 13.8 Å². The molecule has 4 nitrogen and oxygen atoms in total. The number of rotatable bonds is 6. The van der Waals surface area contributed by atoms with Crippen LogP contribution >= 0.6 is 0 Å². The third-order valence-corrected chi connectivity index (χ3v) is 2.28. The Balaban J connectivity index is 2.91. The molecule has 0 saturated heterocycles. The van der Waals surface area contributed by atoms with E-state index < -0.39 is 5.97 Å². The molecule has 0 aliphatic carbocycles. The molecule has 0 aliphatic heterocycles. The summed E-state index contributed by atoms with van der Waals surface area (Å²) in [4.78, 5) is 11.7. The van der Waals surface area contributed by atoms with E-state index in [-0.39, 0.29) is 24.5 Å². The lowest BCUT2D eigenvalue weighted by Gasteiger charge is -2.10. The van der Waals surface area contributed by atoms with E-state index in [1.807, 2.05) is 30.3 Å². The Hall–Kier alpha value is -1.97. The van der Waals surface area contributed by atoms with Gasteiger partial charge in [0.25, 0.3) is 5.95 Å². The topological polar surface area (TPSA) is 55.8 Å². The van der Waals surface area contributed by atoms with E-state index in [0.717, 1.165) is 5.56 Å². The van der Waals surface area contributed by atoms with Gasteiger partial charge < -0.3 is 14.6 Å². The van der Waals surface area contributed by atoms with Crippen LogP contribution in [0.1, 0.15) is 19.4 Å². The van der Waals surface area contributed by atoms with Crippen LogP contribution in [-0.2, 0) is 20.7 Å². The standard InChI is InChI=1S/C14H18O4/c1-3-17-13(15)12(14(16)18-4-2)10-11-8-6-5-7-9-11/h5-9,15H,3-4,10H2,1-2H3. The van der Waals surface area contributed by atoms with Gasteiger partial charge in [0, 0.05) is 6.42 Å². The molecule has 0 fully saturated rings. The van der Waals surface area contributed by atoms with Crippen LogP contribution in [-0.4, -0.2) is 24.3 Å². The number of hydrogen-bond acceptors (Lipinski definition) is 4. The predicted molar refractivity (Wildman–Crippen MR) is 68.1 cm³/mol. The van der Waals surface area contributed by atoms with Crippen LogP contribution in [0.2, 0.25) is 0 Å². The fourth-order valence-electron chi connectivity index (χ4n) is 1.48. The van der Waals surface area contributed by atoms with Crippen molar-refractivity contribution in [3.63, 3.8) is 0 Å². The smallest absolute Gasteiger partial charge is 0.341 e. The van der Waals surface area contributed by atoms with Crippen molar-refractivity contribution in [3.05, 3.63) is 47.4 Å². The van der Waals surface area contributed by atoms with E-state index in [9.17, 15) is 9.90 Å². The molecule has 1 N–H and O–H groups in total. The van der Waals surface area contributed by atoms with Crippen LogP contribution in [0.25, 0.3) is 0 Å². The first-order valence-electron chi connectivity index (χ1n) is 5.95. The minimum absolute atomic E-state index is 0.143. The largest absolute Gasteiger partial charge is 0.481 e. The highest BCUT2D eigenvalue weighted by Gasteiger charge is 2.18. The Morgan fingerprint density at radius 2 is 1.72 bits per heavy atom. The first-order valence-corrected chi connectivity index (χ1v) is 5.95. The van der Waals surface area contributed by atoms with Gasteiger partial charge in [-0.2, -0.15) is 0 Å². The highest BCUT2D eigenvalue weighted by atomic mass is 16.6. The molecule has 0 atom stereocenters. The molecular weight excluding hydrogens is 232 g/mol. The van der Waals surface area contributed by atoms with Crippen molar-refractivity contribution in [2.75, 3.05) is 13.2 Å². The molecule has 4 heteroatoms. The molecule has 0 amide bonds. The van der Waals surface area contributed by atoms with Gasteiger partial charge >= 0.3 is 5.97 Å². The lowest BCUT2D eigenvalue weighted by molar-refractivity contribution is -0.139. The third-order valence-electron chi connectivity index (χ3n) is 2.28. The number of ether oxygens (including phenoxy) is 2. The Morgan fingerprint density at radius 1 is 1.11 bits per heavy atom. The lowest BCUT2D eigenvalue weighted by atomic mass is 10.1. The molecule has 98 valence electrons. The van der Waals surface area contributed by atoms with Crippen molar-refractivity contribution < 1.29 is 19.4 Å². The number of carbonyl (C=O) groups excluding carboxylic acids is 1. The molecule has 0 heterocycles. The molecule has 0 radical (unpaired) electrons. The summed E-state index contributed by atoms with van der Waals surface area (Å²) in [5.74, 6) is -0.910. The number of benzene rings is 1. The van der Waals surface area contributed by atoms with Crippen molar-refractivity contribution in [1.29, 1.82) is 0 Å². The molecule has 1 aromatic carbocycles. The van der Waals surface area contributed by atoms with Gasteiger partial charge in [-0.05, 0) is 19.4 Å². The third kappa shape index (κ3) is 4.13. The van der Waals surface area contributed by atoms with Gasteiger partial charge in [-0.25, -0.2) is 4.79 Å². The van der Waals surface area contributed by atoms with Gasteiger partial charge in [0.1, 0.15) is 5.57 Å². The van der Waals surface area contributed by atoms with Crippen LogP contribution in [0.15, 0.2) is 41.9 Å². The summed E-state index contributed by atoms with van der Waals surface area (Å²) in [5, 5.41) is 9.72. The summed E-state index contributed by atoms with van der Waals surface area (Å²) in [6, 6.07) is 9.38. The Bertz CT molecular complexity index is 409. The summed E-state index contributed by atoms with van der Waals surface area (Å²) in [7, 11) is 0. The maximum Gasteiger partial charge on any atom is 0.341 e. The Labute approximate surface area is 107 Å². The molecule has 0 unspecified atom stereocenters. The second-order valence-electron chi connectivity index (χ2n) is 3.60. The van der Waals surface area contributed by atoms with E-state index >= 15 is 0 Å². The molecule has 0 aromatic heterocycles. The van der Waals surface area contributed by atoms with Gasteiger partial charge in [0.05, 0.1) is 13.2 Å². The van der Waals surface area contributed by atoms with Gasteiger partial charge in [-0.1, -0.05) is 30.3 Å². The lowest BCUT2D eigenvalue weighted by Crippen LogP contribution is -2.14. The van der Waals surface area contributed by atoms with Gasteiger partial charge in [-0.3, -0.25) is 0 Å². The molecule has 0 aliphatic rings. The molecule has 0 saturated carbocycles. The van der Waals surface area contributed by atoms with Crippen molar-refractivity contribution in [2.24, 2.45) is 0 Å².